The van der Waals surface area contributed by atoms with Gasteiger partial charge in [-0.05, 0) is 13.3 Å². The number of nitrogens with zero attached hydrogens (tertiary/aromatic N) is 4. The van der Waals surface area contributed by atoms with Gasteiger partial charge in [0.2, 0.25) is 0 Å². The fourth-order valence-corrected chi connectivity index (χ4v) is 2.96. The van der Waals surface area contributed by atoms with Crippen molar-refractivity contribution in [3.63, 3.8) is 0 Å². The maximum Gasteiger partial charge on any atom is 0.279 e. The molecular formula is C15H22N4O5. The molecule has 132 valence electrons. The molecule has 3 N–H and O–H groups in total. The van der Waals surface area contributed by atoms with E-state index in [9.17, 15) is 20.1 Å². The first-order chi connectivity index (χ1) is 11.5. The lowest BCUT2D eigenvalue weighted by atomic mass is 10.1. The van der Waals surface area contributed by atoms with Crippen molar-refractivity contribution in [2.24, 2.45) is 0 Å². The average Bonchev–Trinajstić information content (AvgIpc) is 3.05. The second-order valence-electron chi connectivity index (χ2n) is 6.05. The second-order valence-corrected chi connectivity index (χ2v) is 6.05. The van der Waals surface area contributed by atoms with Crippen molar-refractivity contribution in [2.75, 3.05) is 6.61 Å². The zero-order valence-electron chi connectivity index (χ0n) is 13.7. The van der Waals surface area contributed by atoms with Gasteiger partial charge in [-0.25, -0.2) is 9.67 Å². The van der Waals surface area contributed by atoms with Gasteiger partial charge in [-0.3, -0.25) is 9.36 Å². The Morgan fingerprint density at radius 3 is 2.71 bits per heavy atom. The van der Waals surface area contributed by atoms with Gasteiger partial charge in [0.15, 0.2) is 11.7 Å². The number of aromatic nitrogens is 4. The van der Waals surface area contributed by atoms with E-state index in [-0.39, 0.29) is 11.1 Å². The van der Waals surface area contributed by atoms with Gasteiger partial charge in [0, 0.05) is 6.54 Å². The molecule has 9 heteroatoms. The van der Waals surface area contributed by atoms with Crippen molar-refractivity contribution in [3.05, 3.63) is 22.4 Å². The molecule has 1 fully saturated rings. The summed E-state index contributed by atoms with van der Waals surface area (Å²) >= 11 is 0. The Kier molecular flexibility index (Phi) is 4.68. The third-order valence-electron chi connectivity index (χ3n) is 4.35. The molecule has 0 aromatic carbocycles. The highest BCUT2D eigenvalue weighted by atomic mass is 16.6. The molecule has 1 saturated heterocycles. The minimum atomic E-state index is -1.30. The molecule has 0 spiro atoms. The molecule has 3 heterocycles. The van der Waals surface area contributed by atoms with E-state index >= 15 is 0 Å². The van der Waals surface area contributed by atoms with E-state index in [2.05, 4.69) is 10.1 Å². The van der Waals surface area contributed by atoms with Crippen molar-refractivity contribution in [1.29, 1.82) is 0 Å². The summed E-state index contributed by atoms with van der Waals surface area (Å²) in [5.41, 5.74) is 0.917. The van der Waals surface area contributed by atoms with Crippen LogP contribution >= 0.6 is 0 Å². The van der Waals surface area contributed by atoms with Crippen LogP contribution in [0, 0.1) is 6.92 Å². The van der Waals surface area contributed by atoms with E-state index < -0.39 is 31.1 Å². The lowest BCUT2D eigenvalue weighted by Crippen LogP contribution is -2.33. The molecule has 2 aromatic heterocycles. The van der Waals surface area contributed by atoms with Gasteiger partial charge in [0.1, 0.15) is 23.8 Å². The molecule has 0 amide bonds. The Hall–Kier alpha value is -1.81. The first-order valence-electron chi connectivity index (χ1n) is 8.06. The van der Waals surface area contributed by atoms with Crippen LogP contribution in [0.2, 0.25) is 0 Å². The zero-order chi connectivity index (χ0) is 17.4. The van der Waals surface area contributed by atoms with Gasteiger partial charge in [0.05, 0.1) is 18.6 Å². The number of hydrogen-bond donors (Lipinski definition) is 3. The zero-order valence-corrected chi connectivity index (χ0v) is 13.7. The van der Waals surface area contributed by atoms with E-state index in [0.29, 0.717) is 17.8 Å². The molecule has 4 atom stereocenters. The Balaban J connectivity index is 2.10. The largest absolute Gasteiger partial charge is 0.394 e. The fraction of sp³-hybridized carbons (Fsp3) is 0.667. The maximum absolute atomic E-state index is 12.8. The molecule has 1 aliphatic rings. The van der Waals surface area contributed by atoms with Crippen LogP contribution in [-0.4, -0.2) is 59.6 Å². The van der Waals surface area contributed by atoms with Gasteiger partial charge < -0.3 is 20.1 Å². The van der Waals surface area contributed by atoms with Gasteiger partial charge in [-0.2, -0.15) is 5.10 Å². The van der Waals surface area contributed by atoms with Crippen molar-refractivity contribution >= 4 is 11.0 Å². The predicted molar refractivity (Wildman–Crippen MR) is 84.4 cm³/mol. The molecule has 2 aromatic rings. The summed E-state index contributed by atoms with van der Waals surface area (Å²) < 4.78 is 8.27. The first kappa shape index (κ1) is 17.0. The number of ether oxygens (including phenoxy) is 1. The van der Waals surface area contributed by atoms with Crippen LogP contribution in [0.1, 0.15) is 31.7 Å². The normalized spacial score (nSPS) is 27.2. The molecule has 9 nitrogen and oxygen atoms in total. The van der Waals surface area contributed by atoms with Crippen LogP contribution in [0.15, 0.2) is 11.1 Å². The standard InChI is InChI=1S/C15H22N4O5/c1-3-4-5-18-7-16-10-8(2)17-19(11(10)14(18)23)15-13(22)12(21)9(6-20)24-15/h7,9,12-13,15,20-22H,3-6H2,1-2H3/t9-,12-,13-,15?/m1/s1. The number of rotatable bonds is 5. The quantitative estimate of drug-likeness (QED) is 0.659. The first-order valence-corrected chi connectivity index (χ1v) is 8.06. The maximum atomic E-state index is 12.8. The summed E-state index contributed by atoms with van der Waals surface area (Å²) in [6.07, 6.45) is -1.25. The molecule has 0 bridgehead atoms. The molecule has 0 aliphatic carbocycles. The minimum Gasteiger partial charge on any atom is -0.394 e. The lowest BCUT2D eigenvalue weighted by molar-refractivity contribution is -0.0566. The molecule has 24 heavy (non-hydrogen) atoms. The average molecular weight is 338 g/mol. The molecular weight excluding hydrogens is 316 g/mol. The SMILES string of the molecule is CCCCn1cnc2c(C)nn(C3O[C@H](CO)[C@@H](O)[C@H]3O)c2c1=O. The number of aryl methyl sites for hydroxylation is 2. The van der Waals surface area contributed by atoms with Crippen LogP contribution in [0.4, 0.5) is 0 Å². The molecule has 0 saturated carbocycles. The van der Waals surface area contributed by atoms with Crippen LogP contribution in [0.25, 0.3) is 11.0 Å². The van der Waals surface area contributed by atoms with Gasteiger partial charge in [0.25, 0.3) is 5.56 Å². The summed E-state index contributed by atoms with van der Waals surface area (Å²) in [7, 11) is 0. The topological polar surface area (TPSA) is 123 Å². The number of unbranched alkanes of at least 4 members (excludes halogenated alkanes) is 1. The Labute approximate surface area is 138 Å². The molecule has 1 aliphatic heterocycles. The van der Waals surface area contributed by atoms with Crippen molar-refractivity contribution < 1.29 is 20.1 Å². The van der Waals surface area contributed by atoms with E-state index in [0.717, 1.165) is 12.8 Å². The van der Waals surface area contributed by atoms with Gasteiger partial charge in [-0.1, -0.05) is 13.3 Å². The molecule has 3 rings (SSSR count). The van der Waals surface area contributed by atoms with Crippen molar-refractivity contribution in [3.8, 4) is 0 Å². The molecule has 1 unspecified atom stereocenters. The summed E-state index contributed by atoms with van der Waals surface area (Å²) in [4.78, 5) is 17.1. The monoisotopic (exact) mass is 338 g/mol. The van der Waals surface area contributed by atoms with E-state index in [4.69, 9.17) is 4.74 Å². The Morgan fingerprint density at radius 2 is 2.08 bits per heavy atom. The minimum absolute atomic E-state index is 0.223. The van der Waals surface area contributed by atoms with Crippen LogP contribution < -0.4 is 5.56 Å². The third-order valence-corrected chi connectivity index (χ3v) is 4.35. The van der Waals surface area contributed by atoms with Crippen LogP contribution in [-0.2, 0) is 11.3 Å². The van der Waals surface area contributed by atoms with Crippen molar-refractivity contribution in [1.82, 2.24) is 19.3 Å². The Bertz CT molecular complexity index is 786. The number of aliphatic hydroxyl groups excluding tert-OH is 3. The van der Waals surface area contributed by atoms with Gasteiger partial charge in [-0.15, -0.1) is 0 Å². The summed E-state index contributed by atoms with van der Waals surface area (Å²) in [5.74, 6) is 0. The van der Waals surface area contributed by atoms with Gasteiger partial charge >= 0.3 is 0 Å². The fourth-order valence-electron chi connectivity index (χ4n) is 2.96. The second kappa shape index (κ2) is 6.60. The highest BCUT2D eigenvalue weighted by molar-refractivity contribution is 5.76. The van der Waals surface area contributed by atoms with Crippen molar-refractivity contribution in [2.45, 2.75) is 57.8 Å². The number of fused-ring (bicyclic) bond motifs is 1. The van der Waals surface area contributed by atoms with E-state index in [1.807, 2.05) is 6.92 Å². The van der Waals surface area contributed by atoms with Crippen LogP contribution in [0.5, 0.6) is 0 Å². The Morgan fingerprint density at radius 1 is 1.33 bits per heavy atom. The highest BCUT2D eigenvalue weighted by Gasteiger charge is 2.44. The highest BCUT2D eigenvalue weighted by Crippen LogP contribution is 2.30. The van der Waals surface area contributed by atoms with E-state index in [1.165, 1.54) is 15.6 Å². The summed E-state index contributed by atoms with van der Waals surface area (Å²) in [5, 5.41) is 33.6. The number of hydrogen-bond acceptors (Lipinski definition) is 7. The summed E-state index contributed by atoms with van der Waals surface area (Å²) in [6, 6.07) is 0. The summed E-state index contributed by atoms with van der Waals surface area (Å²) in [6.45, 7) is 3.85. The lowest BCUT2D eigenvalue weighted by Gasteiger charge is -2.16. The van der Waals surface area contributed by atoms with Crippen LogP contribution in [0.3, 0.4) is 0 Å². The smallest absolute Gasteiger partial charge is 0.279 e. The third kappa shape index (κ3) is 2.63. The number of aliphatic hydroxyl groups is 3. The predicted octanol–water partition coefficient (Wildman–Crippen LogP) is -0.687. The van der Waals surface area contributed by atoms with E-state index in [1.54, 1.807) is 6.92 Å². The molecule has 0 radical (unpaired) electrons.